The summed E-state index contributed by atoms with van der Waals surface area (Å²) in [4.78, 5) is 36.3. The van der Waals surface area contributed by atoms with E-state index in [0.717, 1.165) is 19.3 Å². The summed E-state index contributed by atoms with van der Waals surface area (Å²) in [6.07, 6.45) is 2.58. The third-order valence-electron chi connectivity index (χ3n) is 4.15. The molecule has 32 heavy (non-hydrogen) atoms. The van der Waals surface area contributed by atoms with Gasteiger partial charge in [-0.25, -0.2) is 4.79 Å². The van der Waals surface area contributed by atoms with Gasteiger partial charge in [0, 0.05) is 4.47 Å². The topological polar surface area (TPSA) is 103 Å². The van der Waals surface area contributed by atoms with Gasteiger partial charge in [0.25, 0.3) is 11.8 Å². The van der Waals surface area contributed by atoms with Crippen LogP contribution >= 0.6 is 15.9 Å². The van der Waals surface area contributed by atoms with Crippen molar-refractivity contribution in [2.24, 2.45) is 0 Å². The molecule has 0 spiro atoms. The van der Waals surface area contributed by atoms with Crippen molar-refractivity contribution in [2.45, 2.75) is 33.1 Å². The summed E-state index contributed by atoms with van der Waals surface area (Å²) in [6.45, 7) is 4.49. The maximum Gasteiger partial charge on any atom is 0.338 e. The van der Waals surface area contributed by atoms with Crippen LogP contribution in [0.2, 0.25) is 0 Å². The van der Waals surface area contributed by atoms with Gasteiger partial charge >= 0.3 is 5.97 Å². The zero-order valence-electron chi connectivity index (χ0n) is 18.1. The number of unbranched alkanes of at least 4 members (excludes halogenated alkanes) is 1. The lowest BCUT2D eigenvalue weighted by molar-refractivity contribution is -0.123. The summed E-state index contributed by atoms with van der Waals surface area (Å²) < 4.78 is 16.8. The maximum atomic E-state index is 12.5. The predicted octanol–water partition coefficient (Wildman–Crippen LogP) is 4.03. The molecule has 8 nitrogen and oxygen atoms in total. The Labute approximate surface area is 195 Å². The van der Waals surface area contributed by atoms with Crippen molar-refractivity contribution >= 4 is 33.7 Å². The molecule has 0 aliphatic heterocycles. The first-order valence-corrected chi connectivity index (χ1v) is 11.1. The minimum atomic E-state index is -0.548. The van der Waals surface area contributed by atoms with E-state index in [4.69, 9.17) is 14.2 Å². The molecule has 0 unspecified atom stereocenters. The Morgan fingerprint density at radius 3 is 2.34 bits per heavy atom. The maximum absolute atomic E-state index is 12.5. The molecule has 0 heterocycles. The highest BCUT2D eigenvalue weighted by Gasteiger charge is 2.15. The Bertz CT molecular complexity index is 917. The quantitative estimate of drug-likeness (QED) is 0.271. The second kappa shape index (κ2) is 13.4. The molecule has 0 radical (unpaired) electrons. The Balaban J connectivity index is 1.83. The molecule has 9 heteroatoms. The van der Waals surface area contributed by atoms with Crippen LogP contribution in [0.15, 0.2) is 46.9 Å². The highest BCUT2D eigenvalue weighted by atomic mass is 79.9. The summed E-state index contributed by atoms with van der Waals surface area (Å²) in [7, 11) is 0. The Morgan fingerprint density at radius 1 is 0.906 bits per heavy atom. The number of nitrogens with one attached hydrogen (secondary N) is 2. The van der Waals surface area contributed by atoms with Crippen molar-refractivity contribution in [1.29, 1.82) is 0 Å². The number of benzene rings is 2. The van der Waals surface area contributed by atoms with E-state index in [9.17, 15) is 14.4 Å². The predicted molar refractivity (Wildman–Crippen MR) is 123 cm³/mol. The number of ether oxygens (including phenoxy) is 3. The van der Waals surface area contributed by atoms with E-state index in [0.29, 0.717) is 40.3 Å². The smallest absolute Gasteiger partial charge is 0.338 e. The molecular formula is C23H27BrN2O6. The van der Waals surface area contributed by atoms with E-state index >= 15 is 0 Å². The molecule has 2 amide bonds. The average molecular weight is 507 g/mol. The summed E-state index contributed by atoms with van der Waals surface area (Å²) in [5, 5.41) is 0. The summed E-state index contributed by atoms with van der Waals surface area (Å²) >= 11 is 3.33. The van der Waals surface area contributed by atoms with Crippen LogP contribution in [0.4, 0.5) is 0 Å². The SMILES string of the molecule is CCCCOc1ccc(Br)cc1C(=O)NNC(=O)COc1ccc(C(=O)OCCC)cc1. The minimum absolute atomic E-state index is 0.294. The fourth-order valence-electron chi connectivity index (χ4n) is 2.48. The van der Waals surface area contributed by atoms with Crippen molar-refractivity contribution in [1.82, 2.24) is 10.9 Å². The molecule has 0 aliphatic carbocycles. The summed E-state index contributed by atoms with van der Waals surface area (Å²) in [6, 6.07) is 11.3. The zero-order valence-corrected chi connectivity index (χ0v) is 19.7. The standard InChI is InChI=1S/C23H27BrN2O6/c1-3-5-13-30-20-11-8-17(24)14-19(20)22(28)26-25-21(27)15-32-18-9-6-16(7-10-18)23(29)31-12-4-2/h6-11,14H,3-5,12-13,15H2,1-2H3,(H,25,27)(H,26,28). The van der Waals surface area contributed by atoms with Crippen molar-refractivity contribution in [3.63, 3.8) is 0 Å². The first kappa shape index (κ1) is 25.2. The van der Waals surface area contributed by atoms with Gasteiger partial charge in [0.05, 0.1) is 24.3 Å². The lowest BCUT2D eigenvalue weighted by Gasteiger charge is -2.13. The molecule has 0 aromatic heterocycles. The van der Waals surface area contributed by atoms with Crippen molar-refractivity contribution in [2.75, 3.05) is 19.8 Å². The lowest BCUT2D eigenvalue weighted by atomic mass is 10.2. The van der Waals surface area contributed by atoms with Crippen LogP contribution in [0.5, 0.6) is 11.5 Å². The molecule has 2 rings (SSSR count). The van der Waals surface area contributed by atoms with Crippen LogP contribution in [0, 0.1) is 0 Å². The van der Waals surface area contributed by atoms with Gasteiger partial charge in [0.1, 0.15) is 11.5 Å². The van der Waals surface area contributed by atoms with Gasteiger partial charge in [-0.1, -0.05) is 36.2 Å². The van der Waals surface area contributed by atoms with Crippen LogP contribution in [0.25, 0.3) is 0 Å². The average Bonchev–Trinajstić information content (AvgIpc) is 2.81. The zero-order chi connectivity index (χ0) is 23.3. The number of halogens is 1. The van der Waals surface area contributed by atoms with Crippen LogP contribution in [-0.4, -0.2) is 37.6 Å². The lowest BCUT2D eigenvalue weighted by Crippen LogP contribution is -2.44. The number of carbonyl (C=O) groups is 3. The van der Waals surface area contributed by atoms with Crippen LogP contribution in [-0.2, 0) is 9.53 Å². The second-order valence-electron chi connectivity index (χ2n) is 6.79. The minimum Gasteiger partial charge on any atom is -0.493 e. The summed E-state index contributed by atoms with van der Waals surface area (Å²) in [5.41, 5.74) is 5.36. The van der Waals surface area contributed by atoms with Gasteiger partial charge in [-0.3, -0.25) is 20.4 Å². The number of hydrazine groups is 1. The number of carbonyl (C=O) groups excluding carboxylic acids is 3. The molecular weight excluding hydrogens is 480 g/mol. The van der Waals surface area contributed by atoms with Crippen molar-refractivity contribution in [3.05, 3.63) is 58.1 Å². The van der Waals surface area contributed by atoms with E-state index in [1.807, 2.05) is 13.8 Å². The van der Waals surface area contributed by atoms with Crippen LogP contribution < -0.4 is 20.3 Å². The Morgan fingerprint density at radius 2 is 1.66 bits per heavy atom. The third kappa shape index (κ3) is 8.22. The monoisotopic (exact) mass is 506 g/mol. The largest absolute Gasteiger partial charge is 0.493 e. The van der Waals surface area contributed by atoms with E-state index < -0.39 is 17.8 Å². The van der Waals surface area contributed by atoms with E-state index in [-0.39, 0.29) is 6.61 Å². The van der Waals surface area contributed by atoms with E-state index in [2.05, 4.69) is 26.8 Å². The number of hydrogen-bond acceptors (Lipinski definition) is 6. The first-order chi connectivity index (χ1) is 15.4. The highest BCUT2D eigenvalue weighted by Crippen LogP contribution is 2.23. The van der Waals surface area contributed by atoms with E-state index in [1.54, 1.807) is 42.5 Å². The molecule has 0 aliphatic rings. The van der Waals surface area contributed by atoms with Crippen molar-refractivity contribution < 1.29 is 28.6 Å². The van der Waals surface area contributed by atoms with Gasteiger partial charge < -0.3 is 14.2 Å². The normalized spacial score (nSPS) is 10.2. The molecule has 2 aromatic carbocycles. The number of hydrogen-bond donors (Lipinski definition) is 2. The molecule has 0 bridgehead atoms. The molecule has 0 fully saturated rings. The van der Waals surface area contributed by atoms with Crippen LogP contribution in [0.3, 0.4) is 0 Å². The van der Waals surface area contributed by atoms with Crippen LogP contribution in [0.1, 0.15) is 53.8 Å². The number of esters is 1. The third-order valence-corrected chi connectivity index (χ3v) is 4.65. The van der Waals surface area contributed by atoms with Gasteiger partial charge in [0.15, 0.2) is 6.61 Å². The first-order valence-electron chi connectivity index (χ1n) is 10.4. The molecule has 0 saturated heterocycles. The number of rotatable bonds is 11. The number of amides is 2. The molecule has 0 atom stereocenters. The Kier molecular flexibility index (Phi) is 10.5. The van der Waals surface area contributed by atoms with Gasteiger partial charge in [-0.15, -0.1) is 0 Å². The summed E-state index contributed by atoms with van der Waals surface area (Å²) in [5.74, 6) is -0.641. The fourth-order valence-corrected chi connectivity index (χ4v) is 2.84. The molecule has 2 N–H and O–H groups in total. The Hall–Kier alpha value is -3.07. The second-order valence-corrected chi connectivity index (χ2v) is 7.71. The van der Waals surface area contributed by atoms with E-state index in [1.165, 1.54) is 0 Å². The molecule has 2 aromatic rings. The fraction of sp³-hybridized carbons (Fsp3) is 0.348. The molecule has 172 valence electrons. The van der Waals surface area contributed by atoms with Gasteiger partial charge in [0.2, 0.25) is 0 Å². The van der Waals surface area contributed by atoms with Gasteiger partial charge in [-0.05, 0) is 55.3 Å². The van der Waals surface area contributed by atoms with Gasteiger partial charge in [-0.2, -0.15) is 0 Å². The molecule has 0 saturated carbocycles. The van der Waals surface area contributed by atoms with Crippen molar-refractivity contribution in [3.8, 4) is 11.5 Å². The highest BCUT2D eigenvalue weighted by molar-refractivity contribution is 9.10.